The summed E-state index contributed by atoms with van der Waals surface area (Å²) in [6.07, 6.45) is 1.46. The fourth-order valence-corrected chi connectivity index (χ4v) is 1.78. The van der Waals surface area contributed by atoms with Gasteiger partial charge in [0.2, 0.25) is 11.9 Å². The minimum atomic E-state index is 0.111. The molecule has 0 spiro atoms. The van der Waals surface area contributed by atoms with E-state index in [1.54, 1.807) is 0 Å². The molecule has 92 valence electrons. The second kappa shape index (κ2) is 4.96. The van der Waals surface area contributed by atoms with Crippen LogP contribution >= 0.6 is 0 Å². The molecule has 7 nitrogen and oxygen atoms in total. The molecule has 17 heavy (non-hydrogen) atoms. The maximum Gasteiger partial charge on any atom is 0.239 e. The molecule has 1 fully saturated rings. The standard InChI is InChI=1S/C10H16N6O/c1-6-4-8(15-10(13-6)16-11)12-5-7-2-3-9(17)14-7/h4,7H,2-3,5,11H2,1H3,(H,14,17)(H2,12,13,15,16). The van der Waals surface area contributed by atoms with E-state index in [2.05, 4.69) is 26.0 Å². The van der Waals surface area contributed by atoms with Crippen molar-refractivity contribution >= 4 is 17.7 Å². The Labute approximate surface area is 99.2 Å². The van der Waals surface area contributed by atoms with Crippen molar-refractivity contribution < 1.29 is 4.79 Å². The average molecular weight is 236 g/mol. The quantitative estimate of drug-likeness (QED) is 0.425. The fraction of sp³-hybridized carbons (Fsp3) is 0.500. The summed E-state index contributed by atoms with van der Waals surface area (Å²) in [4.78, 5) is 19.3. The van der Waals surface area contributed by atoms with E-state index in [0.29, 0.717) is 24.7 Å². The number of aromatic nitrogens is 2. The Morgan fingerprint density at radius 2 is 2.41 bits per heavy atom. The van der Waals surface area contributed by atoms with Crippen LogP contribution < -0.4 is 21.9 Å². The minimum Gasteiger partial charge on any atom is -0.368 e. The van der Waals surface area contributed by atoms with Crippen LogP contribution in [-0.2, 0) is 4.79 Å². The van der Waals surface area contributed by atoms with Gasteiger partial charge in [-0.15, -0.1) is 0 Å². The molecule has 1 unspecified atom stereocenters. The van der Waals surface area contributed by atoms with E-state index in [4.69, 9.17) is 5.84 Å². The van der Waals surface area contributed by atoms with Crippen LogP contribution in [0.1, 0.15) is 18.5 Å². The van der Waals surface area contributed by atoms with Crippen LogP contribution in [0, 0.1) is 6.92 Å². The van der Waals surface area contributed by atoms with Gasteiger partial charge in [-0.05, 0) is 13.3 Å². The number of carbonyl (C=O) groups is 1. The molecule has 0 aromatic carbocycles. The van der Waals surface area contributed by atoms with E-state index in [0.717, 1.165) is 12.1 Å². The summed E-state index contributed by atoms with van der Waals surface area (Å²) in [6.45, 7) is 2.53. The lowest BCUT2D eigenvalue weighted by molar-refractivity contribution is -0.119. The van der Waals surface area contributed by atoms with Gasteiger partial charge in [-0.3, -0.25) is 10.2 Å². The van der Waals surface area contributed by atoms with Crippen LogP contribution in [0.5, 0.6) is 0 Å². The van der Waals surface area contributed by atoms with Crippen molar-refractivity contribution in [2.24, 2.45) is 5.84 Å². The maximum atomic E-state index is 11.0. The van der Waals surface area contributed by atoms with Crippen molar-refractivity contribution in [3.8, 4) is 0 Å². The Morgan fingerprint density at radius 1 is 1.59 bits per heavy atom. The van der Waals surface area contributed by atoms with Crippen molar-refractivity contribution in [2.45, 2.75) is 25.8 Å². The van der Waals surface area contributed by atoms with Gasteiger partial charge in [-0.2, -0.15) is 4.98 Å². The van der Waals surface area contributed by atoms with Crippen molar-refractivity contribution in [3.05, 3.63) is 11.8 Å². The summed E-state index contributed by atoms with van der Waals surface area (Å²) in [5, 5.41) is 6.04. The van der Waals surface area contributed by atoms with Crippen LogP contribution in [-0.4, -0.2) is 28.5 Å². The summed E-state index contributed by atoms with van der Waals surface area (Å²) in [5.41, 5.74) is 3.24. The van der Waals surface area contributed by atoms with Crippen molar-refractivity contribution in [3.63, 3.8) is 0 Å². The Hall–Kier alpha value is -1.89. The molecular formula is C10H16N6O. The van der Waals surface area contributed by atoms with Crippen LogP contribution in [0.3, 0.4) is 0 Å². The van der Waals surface area contributed by atoms with Gasteiger partial charge < -0.3 is 10.6 Å². The molecule has 1 amide bonds. The highest BCUT2D eigenvalue weighted by atomic mass is 16.1. The van der Waals surface area contributed by atoms with Crippen LogP contribution in [0.2, 0.25) is 0 Å². The largest absolute Gasteiger partial charge is 0.368 e. The normalized spacial score (nSPS) is 18.9. The van der Waals surface area contributed by atoms with E-state index >= 15 is 0 Å². The van der Waals surface area contributed by atoms with Crippen molar-refractivity contribution in [2.75, 3.05) is 17.3 Å². The summed E-state index contributed by atoms with van der Waals surface area (Å²) in [5.74, 6) is 6.45. The Bertz CT molecular complexity index is 421. The Morgan fingerprint density at radius 3 is 3.06 bits per heavy atom. The zero-order valence-corrected chi connectivity index (χ0v) is 9.66. The number of hydrogen-bond acceptors (Lipinski definition) is 6. The SMILES string of the molecule is Cc1cc(NCC2CCC(=O)N2)nc(NN)n1. The van der Waals surface area contributed by atoms with Gasteiger partial charge in [0.05, 0.1) is 0 Å². The molecule has 1 atom stereocenters. The zero-order chi connectivity index (χ0) is 12.3. The number of nitrogens with zero attached hydrogens (tertiary/aromatic N) is 2. The van der Waals surface area contributed by atoms with Crippen LogP contribution in [0.15, 0.2) is 6.07 Å². The molecule has 1 saturated heterocycles. The third-order valence-corrected chi connectivity index (χ3v) is 2.60. The van der Waals surface area contributed by atoms with E-state index < -0.39 is 0 Å². The first kappa shape index (κ1) is 11.6. The lowest BCUT2D eigenvalue weighted by Crippen LogP contribution is -2.32. The first-order valence-corrected chi connectivity index (χ1v) is 5.53. The number of amides is 1. The Balaban J connectivity index is 1.94. The molecule has 1 aliphatic rings. The highest BCUT2D eigenvalue weighted by Crippen LogP contribution is 2.11. The molecule has 0 bridgehead atoms. The molecule has 1 aliphatic heterocycles. The van der Waals surface area contributed by atoms with Crippen molar-refractivity contribution in [1.29, 1.82) is 0 Å². The van der Waals surface area contributed by atoms with Crippen LogP contribution in [0.4, 0.5) is 11.8 Å². The number of hydrogen-bond donors (Lipinski definition) is 4. The number of hydrazine groups is 1. The second-order valence-corrected chi connectivity index (χ2v) is 4.05. The number of carbonyl (C=O) groups excluding carboxylic acids is 1. The highest BCUT2D eigenvalue weighted by molar-refractivity contribution is 5.78. The van der Waals surface area contributed by atoms with Gasteiger partial charge in [0.1, 0.15) is 5.82 Å². The van der Waals surface area contributed by atoms with Gasteiger partial charge in [-0.1, -0.05) is 0 Å². The number of nitrogens with two attached hydrogens (primary N) is 1. The second-order valence-electron chi connectivity index (χ2n) is 4.05. The molecule has 7 heteroatoms. The predicted octanol–water partition coefficient (Wildman–Crippen LogP) is -0.239. The van der Waals surface area contributed by atoms with Crippen LogP contribution in [0.25, 0.3) is 0 Å². The molecule has 5 N–H and O–H groups in total. The number of aryl methyl sites for hydroxylation is 1. The summed E-state index contributed by atoms with van der Waals surface area (Å²) < 4.78 is 0. The molecule has 1 aromatic rings. The molecule has 0 saturated carbocycles. The number of nitrogens with one attached hydrogen (secondary N) is 3. The number of rotatable bonds is 4. The number of anilines is 2. The van der Waals surface area contributed by atoms with E-state index in [9.17, 15) is 4.79 Å². The molecule has 2 rings (SSSR count). The first-order chi connectivity index (χ1) is 8.17. The molecule has 0 aliphatic carbocycles. The summed E-state index contributed by atoms with van der Waals surface area (Å²) in [7, 11) is 0. The zero-order valence-electron chi connectivity index (χ0n) is 9.66. The minimum absolute atomic E-state index is 0.111. The fourth-order valence-electron chi connectivity index (χ4n) is 1.78. The molecule has 1 aromatic heterocycles. The molecule has 0 radical (unpaired) electrons. The third-order valence-electron chi connectivity index (χ3n) is 2.60. The summed E-state index contributed by atoms with van der Waals surface area (Å²) in [6, 6.07) is 2.00. The first-order valence-electron chi connectivity index (χ1n) is 5.53. The van der Waals surface area contributed by atoms with Gasteiger partial charge in [0, 0.05) is 30.8 Å². The topological polar surface area (TPSA) is 105 Å². The van der Waals surface area contributed by atoms with Gasteiger partial charge in [-0.25, -0.2) is 10.8 Å². The summed E-state index contributed by atoms with van der Waals surface area (Å²) >= 11 is 0. The molecular weight excluding hydrogens is 220 g/mol. The Kier molecular flexibility index (Phi) is 3.38. The average Bonchev–Trinajstić information content (AvgIpc) is 2.72. The number of nitrogen functional groups attached to an aromatic ring is 1. The highest BCUT2D eigenvalue weighted by Gasteiger charge is 2.20. The predicted molar refractivity (Wildman–Crippen MR) is 64.2 cm³/mol. The lowest BCUT2D eigenvalue weighted by atomic mass is 10.2. The van der Waals surface area contributed by atoms with Gasteiger partial charge in [0.15, 0.2) is 0 Å². The monoisotopic (exact) mass is 236 g/mol. The van der Waals surface area contributed by atoms with Gasteiger partial charge in [0.25, 0.3) is 0 Å². The van der Waals surface area contributed by atoms with E-state index in [-0.39, 0.29) is 11.9 Å². The smallest absolute Gasteiger partial charge is 0.239 e. The van der Waals surface area contributed by atoms with E-state index in [1.165, 1.54) is 0 Å². The van der Waals surface area contributed by atoms with E-state index in [1.807, 2.05) is 13.0 Å². The van der Waals surface area contributed by atoms with Crippen molar-refractivity contribution in [1.82, 2.24) is 15.3 Å². The lowest BCUT2D eigenvalue weighted by Gasteiger charge is -2.12. The van der Waals surface area contributed by atoms with Gasteiger partial charge >= 0.3 is 0 Å². The molecule has 2 heterocycles. The third kappa shape index (κ3) is 3.04. The maximum absolute atomic E-state index is 11.0.